The van der Waals surface area contributed by atoms with E-state index in [1.165, 1.54) is 127 Å². The van der Waals surface area contributed by atoms with E-state index in [1.54, 1.807) is 0 Å². The minimum absolute atomic E-state index is 0. The number of nitrogens with zero attached hydrogens (tertiary/aromatic N) is 1. The van der Waals surface area contributed by atoms with E-state index < -0.39 is 0 Å². The largest absolute Gasteiger partial charge is 1.00 e. The fourth-order valence-electron chi connectivity index (χ4n) is 3.81. The predicted octanol–water partition coefficient (Wildman–Crippen LogP) is 4.36. The standard InChI is InChI=1S/C23H50N.ClH.Si/c1-5-7-8-9-10-11-12-13-14-15-16-17-18-19-20-21-23-24(3,4)22-6-2;;/h5-23H2,1-4H3;1H;/q+1;;/p-1. The highest BCUT2D eigenvalue weighted by Gasteiger charge is 2.11. The molecule has 0 rings (SSSR count). The fourth-order valence-corrected chi connectivity index (χ4v) is 3.81. The molecule has 0 aromatic rings. The van der Waals surface area contributed by atoms with Gasteiger partial charge in [-0.05, 0) is 19.3 Å². The van der Waals surface area contributed by atoms with Gasteiger partial charge in [-0.2, -0.15) is 0 Å². The molecule has 0 N–H and O–H groups in total. The van der Waals surface area contributed by atoms with Crippen LogP contribution in [0, 0.1) is 0 Å². The van der Waals surface area contributed by atoms with Gasteiger partial charge < -0.3 is 16.9 Å². The van der Waals surface area contributed by atoms with Gasteiger partial charge in [0.05, 0.1) is 27.2 Å². The Kier molecular flexibility index (Phi) is 28.2. The van der Waals surface area contributed by atoms with Gasteiger partial charge in [0.15, 0.2) is 0 Å². The molecule has 0 amide bonds. The summed E-state index contributed by atoms with van der Waals surface area (Å²) in [4.78, 5) is 0. The van der Waals surface area contributed by atoms with E-state index in [0.717, 1.165) is 0 Å². The molecule has 0 bridgehead atoms. The molecule has 0 heterocycles. The summed E-state index contributed by atoms with van der Waals surface area (Å²) in [6, 6.07) is 0. The molecule has 158 valence electrons. The Bertz CT molecular complexity index is 246. The lowest BCUT2D eigenvalue weighted by Crippen LogP contribution is -3.00. The zero-order valence-corrected chi connectivity index (χ0v) is 20.5. The fraction of sp³-hybridized carbons (Fsp3) is 1.00. The Hall–Kier alpha value is 0.467. The SMILES string of the molecule is CCCCCCCCCCCCCCCCCC[N+](C)(C)CCC.[Cl-].[Si]. The zero-order chi connectivity index (χ0) is 17.9. The van der Waals surface area contributed by atoms with Crippen LogP contribution in [0.15, 0.2) is 0 Å². The predicted molar refractivity (Wildman–Crippen MR) is 117 cm³/mol. The molecule has 0 aliphatic carbocycles. The second-order valence-corrected chi connectivity index (χ2v) is 8.69. The molecular formula is C23H50ClNSi. The van der Waals surface area contributed by atoms with E-state index in [2.05, 4.69) is 27.9 Å². The van der Waals surface area contributed by atoms with E-state index in [1.807, 2.05) is 0 Å². The summed E-state index contributed by atoms with van der Waals surface area (Å²) < 4.78 is 1.22. The molecule has 3 heteroatoms. The minimum Gasteiger partial charge on any atom is -1.00 e. The van der Waals surface area contributed by atoms with Gasteiger partial charge in [-0.3, -0.25) is 0 Å². The topological polar surface area (TPSA) is 0 Å². The number of unbranched alkanes of at least 4 members (excludes halogenated alkanes) is 15. The Morgan fingerprint density at radius 3 is 1.04 bits per heavy atom. The van der Waals surface area contributed by atoms with Crippen LogP contribution in [0.2, 0.25) is 0 Å². The molecule has 4 radical (unpaired) electrons. The first-order valence-corrected chi connectivity index (χ1v) is 11.4. The van der Waals surface area contributed by atoms with Gasteiger partial charge in [-0.1, -0.05) is 104 Å². The first-order chi connectivity index (χ1) is 11.6. The van der Waals surface area contributed by atoms with Crippen molar-refractivity contribution in [3.8, 4) is 0 Å². The van der Waals surface area contributed by atoms with Crippen LogP contribution in [0.5, 0.6) is 0 Å². The first-order valence-electron chi connectivity index (χ1n) is 11.4. The minimum atomic E-state index is 0. The monoisotopic (exact) mass is 403 g/mol. The number of quaternary nitrogens is 1. The molecule has 0 saturated heterocycles. The molecule has 0 atom stereocenters. The summed E-state index contributed by atoms with van der Waals surface area (Å²) in [5, 5.41) is 0. The summed E-state index contributed by atoms with van der Waals surface area (Å²) in [7, 11) is 4.77. The van der Waals surface area contributed by atoms with Crippen molar-refractivity contribution < 1.29 is 16.9 Å². The van der Waals surface area contributed by atoms with Gasteiger partial charge >= 0.3 is 0 Å². The summed E-state index contributed by atoms with van der Waals surface area (Å²) in [5.74, 6) is 0. The number of halogens is 1. The van der Waals surface area contributed by atoms with E-state index >= 15 is 0 Å². The second-order valence-electron chi connectivity index (χ2n) is 8.69. The van der Waals surface area contributed by atoms with E-state index in [0.29, 0.717) is 0 Å². The number of hydrogen-bond donors (Lipinski definition) is 0. The first kappa shape index (κ1) is 31.2. The van der Waals surface area contributed by atoms with Gasteiger partial charge in [0.1, 0.15) is 0 Å². The van der Waals surface area contributed by atoms with Crippen LogP contribution < -0.4 is 12.4 Å². The number of hydrogen-bond acceptors (Lipinski definition) is 0. The van der Waals surface area contributed by atoms with Gasteiger partial charge in [0.2, 0.25) is 0 Å². The summed E-state index contributed by atoms with van der Waals surface area (Å²) >= 11 is 0. The van der Waals surface area contributed by atoms with Gasteiger partial charge in [-0.15, -0.1) is 0 Å². The summed E-state index contributed by atoms with van der Waals surface area (Å²) in [6.07, 6.45) is 24.7. The molecular weight excluding hydrogens is 354 g/mol. The highest BCUT2D eigenvalue weighted by Crippen LogP contribution is 2.14. The molecule has 0 aromatic carbocycles. The van der Waals surface area contributed by atoms with Crippen molar-refractivity contribution in [1.29, 1.82) is 0 Å². The maximum Gasteiger partial charge on any atom is 0.0782 e. The van der Waals surface area contributed by atoms with Crippen molar-refractivity contribution >= 4 is 11.0 Å². The Morgan fingerprint density at radius 2 is 0.731 bits per heavy atom. The molecule has 1 nitrogen and oxygen atoms in total. The molecule has 0 unspecified atom stereocenters. The van der Waals surface area contributed by atoms with Crippen LogP contribution in [-0.2, 0) is 0 Å². The lowest BCUT2D eigenvalue weighted by atomic mass is 10.0. The third-order valence-corrected chi connectivity index (χ3v) is 5.45. The van der Waals surface area contributed by atoms with Crippen LogP contribution in [-0.4, -0.2) is 42.6 Å². The molecule has 0 saturated carbocycles. The van der Waals surface area contributed by atoms with Crippen molar-refractivity contribution in [3.05, 3.63) is 0 Å². The molecule has 0 aromatic heterocycles. The van der Waals surface area contributed by atoms with Crippen molar-refractivity contribution in [1.82, 2.24) is 0 Å². The molecule has 0 aliphatic rings. The normalized spacial score (nSPS) is 11.1. The second kappa shape index (κ2) is 23.5. The lowest BCUT2D eigenvalue weighted by molar-refractivity contribution is -0.890. The van der Waals surface area contributed by atoms with E-state index in [-0.39, 0.29) is 23.4 Å². The van der Waals surface area contributed by atoms with Crippen LogP contribution in [0.25, 0.3) is 0 Å². The maximum absolute atomic E-state index is 2.38. The van der Waals surface area contributed by atoms with E-state index in [9.17, 15) is 0 Å². The van der Waals surface area contributed by atoms with Crippen molar-refractivity contribution in [2.45, 2.75) is 123 Å². The Morgan fingerprint density at radius 1 is 0.423 bits per heavy atom. The highest BCUT2D eigenvalue weighted by molar-refractivity contribution is 5.75. The van der Waals surface area contributed by atoms with Gasteiger partial charge in [0.25, 0.3) is 0 Å². The highest BCUT2D eigenvalue weighted by atomic mass is 35.5. The van der Waals surface area contributed by atoms with Crippen LogP contribution in [0.1, 0.15) is 123 Å². The molecule has 0 spiro atoms. The van der Waals surface area contributed by atoms with Crippen molar-refractivity contribution in [2.24, 2.45) is 0 Å². The number of rotatable bonds is 19. The average molecular weight is 404 g/mol. The van der Waals surface area contributed by atoms with Crippen LogP contribution in [0.3, 0.4) is 0 Å². The van der Waals surface area contributed by atoms with E-state index in [4.69, 9.17) is 0 Å². The lowest BCUT2D eigenvalue weighted by Gasteiger charge is -2.29. The third kappa shape index (κ3) is 24.5. The van der Waals surface area contributed by atoms with Crippen LogP contribution in [0.4, 0.5) is 0 Å². The molecule has 0 fully saturated rings. The van der Waals surface area contributed by atoms with Gasteiger partial charge in [0, 0.05) is 11.0 Å². The van der Waals surface area contributed by atoms with Crippen molar-refractivity contribution in [2.75, 3.05) is 27.2 Å². The van der Waals surface area contributed by atoms with Crippen LogP contribution >= 0.6 is 0 Å². The Balaban J connectivity index is -0.00000264. The van der Waals surface area contributed by atoms with Crippen molar-refractivity contribution in [3.63, 3.8) is 0 Å². The third-order valence-electron chi connectivity index (χ3n) is 5.45. The average Bonchev–Trinajstić information content (AvgIpc) is 2.54. The Labute approximate surface area is 178 Å². The smallest absolute Gasteiger partial charge is 0.0782 e. The maximum atomic E-state index is 2.38. The summed E-state index contributed by atoms with van der Waals surface area (Å²) in [5.41, 5.74) is 0. The molecule has 26 heavy (non-hydrogen) atoms. The van der Waals surface area contributed by atoms with Gasteiger partial charge in [-0.25, -0.2) is 0 Å². The quantitative estimate of drug-likeness (QED) is 0.171. The molecule has 0 aliphatic heterocycles. The zero-order valence-electron chi connectivity index (χ0n) is 18.8. The summed E-state index contributed by atoms with van der Waals surface area (Å²) in [6.45, 7) is 7.30.